The van der Waals surface area contributed by atoms with E-state index in [0.29, 0.717) is 12.1 Å². The fourth-order valence-electron chi connectivity index (χ4n) is 2.65. The van der Waals surface area contributed by atoms with Gasteiger partial charge < -0.3 is 9.88 Å². The summed E-state index contributed by atoms with van der Waals surface area (Å²) in [6.45, 7) is 4.49. The molecule has 0 unspecified atom stereocenters. The lowest BCUT2D eigenvalue weighted by Gasteiger charge is -2.20. The molecule has 0 atom stereocenters. The van der Waals surface area contributed by atoms with Gasteiger partial charge in [0.2, 0.25) is 5.95 Å². The first kappa shape index (κ1) is 11.5. The molecule has 0 aromatic carbocycles. The predicted octanol–water partition coefficient (Wildman–Crippen LogP) is 3.60. The lowest BCUT2D eigenvalue weighted by Crippen LogP contribution is -2.19. The van der Waals surface area contributed by atoms with E-state index >= 15 is 0 Å². The van der Waals surface area contributed by atoms with Gasteiger partial charge in [-0.05, 0) is 25.7 Å². The molecular formula is C13H23N3. The van der Waals surface area contributed by atoms with Gasteiger partial charge in [0.25, 0.3) is 0 Å². The minimum absolute atomic E-state index is 0.589. The highest BCUT2D eigenvalue weighted by atomic mass is 15.2. The standard InChI is InChI=1S/C13H23N3/c1-3-12(4-2)16-10-9-14-13(16)15-11-7-5-6-8-11/h9-12H,3-8H2,1-2H3,(H,14,15). The van der Waals surface area contributed by atoms with Gasteiger partial charge in [-0.25, -0.2) is 4.98 Å². The summed E-state index contributed by atoms with van der Waals surface area (Å²) in [7, 11) is 0. The zero-order chi connectivity index (χ0) is 11.4. The second kappa shape index (κ2) is 5.37. The smallest absolute Gasteiger partial charge is 0.203 e. The lowest BCUT2D eigenvalue weighted by molar-refractivity contribution is 0.473. The third-order valence-corrected chi connectivity index (χ3v) is 3.69. The molecular weight excluding hydrogens is 198 g/mol. The highest BCUT2D eigenvalue weighted by Gasteiger charge is 2.18. The summed E-state index contributed by atoms with van der Waals surface area (Å²) in [5, 5.41) is 3.59. The summed E-state index contributed by atoms with van der Waals surface area (Å²) in [5.41, 5.74) is 0. The molecule has 1 fully saturated rings. The Labute approximate surface area is 98.3 Å². The third-order valence-electron chi connectivity index (χ3n) is 3.69. The number of aromatic nitrogens is 2. The number of anilines is 1. The molecule has 1 saturated carbocycles. The van der Waals surface area contributed by atoms with Gasteiger partial charge in [0.15, 0.2) is 0 Å². The Bertz CT molecular complexity index is 309. The summed E-state index contributed by atoms with van der Waals surface area (Å²) in [6, 6.07) is 1.24. The predicted molar refractivity (Wildman–Crippen MR) is 67.7 cm³/mol. The number of nitrogens with zero attached hydrogens (tertiary/aromatic N) is 2. The van der Waals surface area contributed by atoms with Crippen LogP contribution in [0.4, 0.5) is 5.95 Å². The fourth-order valence-corrected chi connectivity index (χ4v) is 2.65. The zero-order valence-corrected chi connectivity index (χ0v) is 10.4. The first-order chi connectivity index (χ1) is 7.85. The Kier molecular flexibility index (Phi) is 3.86. The van der Waals surface area contributed by atoms with E-state index in [-0.39, 0.29) is 0 Å². The van der Waals surface area contributed by atoms with Crippen LogP contribution in [0.1, 0.15) is 58.4 Å². The zero-order valence-electron chi connectivity index (χ0n) is 10.4. The van der Waals surface area contributed by atoms with Crippen LogP contribution in [0.25, 0.3) is 0 Å². The molecule has 1 heterocycles. The molecule has 0 bridgehead atoms. The van der Waals surface area contributed by atoms with Crippen molar-refractivity contribution in [1.29, 1.82) is 0 Å². The second-order valence-electron chi connectivity index (χ2n) is 4.75. The van der Waals surface area contributed by atoms with Crippen molar-refractivity contribution < 1.29 is 0 Å². The van der Waals surface area contributed by atoms with Crippen LogP contribution in [0.5, 0.6) is 0 Å². The number of rotatable bonds is 5. The molecule has 0 spiro atoms. The van der Waals surface area contributed by atoms with Crippen molar-refractivity contribution >= 4 is 5.95 Å². The Balaban J connectivity index is 2.05. The molecule has 0 radical (unpaired) electrons. The van der Waals surface area contributed by atoms with E-state index in [1.165, 1.54) is 38.5 Å². The molecule has 3 heteroatoms. The van der Waals surface area contributed by atoms with Crippen LogP contribution in [-0.2, 0) is 0 Å². The molecule has 1 N–H and O–H groups in total. The summed E-state index contributed by atoms with van der Waals surface area (Å²) < 4.78 is 2.30. The second-order valence-corrected chi connectivity index (χ2v) is 4.75. The van der Waals surface area contributed by atoms with Crippen LogP contribution in [0.3, 0.4) is 0 Å². The molecule has 3 nitrogen and oxygen atoms in total. The first-order valence-corrected chi connectivity index (χ1v) is 6.64. The largest absolute Gasteiger partial charge is 0.353 e. The van der Waals surface area contributed by atoms with Gasteiger partial charge in [0.1, 0.15) is 0 Å². The van der Waals surface area contributed by atoms with Gasteiger partial charge >= 0.3 is 0 Å². The number of nitrogens with one attached hydrogen (secondary N) is 1. The van der Waals surface area contributed by atoms with Crippen molar-refractivity contribution in [3.05, 3.63) is 12.4 Å². The van der Waals surface area contributed by atoms with Crippen LogP contribution < -0.4 is 5.32 Å². The molecule has 0 amide bonds. The van der Waals surface area contributed by atoms with E-state index in [1.54, 1.807) is 0 Å². The maximum atomic E-state index is 4.45. The monoisotopic (exact) mass is 221 g/mol. The van der Waals surface area contributed by atoms with Gasteiger partial charge in [-0.2, -0.15) is 0 Å². The molecule has 1 aromatic rings. The van der Waals surface area contributed by atoms with E-state index in [2.05, 4.69) is 34.9 Å². The summed E-state index contributed by atoms with van der Waals surface area (Å²) in [6.07, 6.45) is 11.7. The van der Waals surface area contributed by atoms with Crippen LogP contribution in [0.2, 0.25) is 0 Å². The minimum Gasteiger partial charge on any atom is -0.353 e. The van der Waals surface area contributed by atoms with Crippen LogP contribution >= 0.6 is 0 Å². The molecule has 16 heavy (non-hydrogen) atoms. The van der Waals surface area contributed by atoms with Gasteiger partial charge in [-0.15, -0.1) is 0 Å². The lowest BCUT2D eigenvalue weighted by atomic mass is 10.2. The molecule has 90 valence electrons. The molecule has 1 aromatic heterocycles. The van der Waals surface area contributed by atoms with Crippen LogP contribution in [0, 0.1) is 0 Å². The minimum atomic E-state index is 0.589. The molecule has 1 aliphatic carbocycles. The third kappa shape index (κ3) is 2.39. The van der Waals surface area contributed by atoms with E-state index in [1.807, 2.05) is 6.20 Å². The van der Waals surface area contributed by atoms with Gasteiger partial charge in [-0.1, -0.05) is 26.7 Å². The molecule has 0 saturated heterocycles. The van der Waals surface area contributed by atoms with Crippen molar-refractivity contribution in [1.82, 2.24) is 9.55 Å². The highest BCUT2D eigenvalue weighted by molar-refractivity contribution is 5.28. The van der Waals surface area contributed by atoms with Crippen molar-refractivity contribution in [3.8, 4) is 0 Å². The SMILES string of the molecule is CCC(CC)n1ccnc1NC1CCCC1. The van der Waals surface area contributed by atoms with Crippen molar-refractivity contribution in [2.45, 2.75) is 64.5 Å². The number of imidazole rings is 1. The average molecular weight is 221 g/mol. The highest BCUT2D eigenvalue weighted by Crippen LogP contribution is 2.24. The summed E-state index contributed by atoms with van der Waals surface area (Å²) >= 11 is 0. The van der Waals surface area contributed by atoms with E-state index in [4.69, 9.17) is 0 Å². The van der Waals surface area contributed by atoms with Gasteiger partial charge in [0.05, 0.1) is 0 Å². The average Bonchev–Trinajstić information content (AvgIpc) is 2.93. The fraction of sp³-hybridized carbons (Fsp3) is 0.769. The quantitative estimate of drug-likeness (QED) is 0.823. The Morgan fingerprint density at radius 3 is 2.69 bits per heavy atom. The van der Waals surface area contributed by atoms with E-state index in [9.17, 15) is 0 Å². The summed E-state index contributed by atoms with van der Waals surface area (Å²) in [4.78, 5) is 4.45. The van der Waals surface area contributed by atoms with E-state index < -0.39 is 0 Å². The van der Waals surface area contributed by atoms with Gasteiger partial charge in [0, 0.05) is 24.5 Å². The Morgan fingerprint density at radius 2 is 2.06 bits per heavy atom. The summed E-state index contributed by atoms with van der Waals surface area (Å²) in [5.74, 6) is 1.07. The van der Waals surface area contributed by atoms with Crippen LogP contribution in [0.15, 0.2) is 12.4 Å². The van der Waals surface area contributed by atoms with Crippen molar-refractivity contribution in [3.63, 3.8) is 0 Å². The number of hydrogen-bond donors (Lipinski definition) is 1. The molecule has 1 aliphatic rings. The van der Waals surface area contributed by atoms with Gasteiger partial charge in [-0.3, -0.25) is 0 Å². The van der Waals surface area contributed by atoms with Crippen molar-refractivity contribution in [2.24, 2.45) is 0 Å². The molecule has 2 rings (SSSR count). The first-order valence-electron chi connectivity index (χ1n) is 6.64. The van der Waals surface area contributed by atoms with Crippen molar-refractivity contribution in [2.75, 3.05) is 5.32 Å². The molecule has 0 aliphatic heterocycles. The normalized spacial score (nSPS) is 17.2. The Morgan fingerprint density at radius 1 is 1.38 bits per heavy atom. The van der Waals surface area contributed by atoms with E-state index in [0.717, 1.165) is 5.95 Å². The van der Waals surface area contributed by atoms with Crippen LogP contribution in [-0.4, -0.2) is 15.6 Å². The maximum absolute atomic E-state index is 4.45. The maximum Gasteiger partial charge on any atom is 0.203 e. The number of hydrogen-bond acceptors (Lipinski definition) is 2. The topological polar surface area (TPSA) is 29.9 Å². The Hall–Kier alpha value is -0.990.